The predicted octanol–water partition coefficient (Wildman–Crippen LogP) is 5.30. The predicted molar refractivity (Wildman–Crippen MR) is 119 cm³/mol. The molecule has 0 fully saturated rings. The van der Waals surface area contributed by atoms with Gasteiger partial charge in [-0.05, 0) is 17.5 Å². The lowest BCUT2D eigenvalue weighted by Crippen LogP contribution is -2.27. The molecule has 1 aromatic heterocycles. The number of nitrogens with one attached hydrogen (secondary N) is 1. The van der Waals surface area contributed by atoms with Crippen LogP contribution in [0.2, 0.25) is 0 Å². The maximum atomic E-state index is 12.9. The van der Waals surface area contributed by atoms with Crippen LogP contribution in [0.4, 0.5) is 0 Å². The zero-order valence-electron chi connectivity index (χ0n) is 15.7. The van der Waals surface area contributed by atoms with Crippen LogP contribution in [-0.2, 0) is 5.75 Å². The molecule has 0 radical (unpaired) electrons. The van der Waals surface area contributed by atoms with Crippen LogP contribution in [0.1, 0.15) is 34.5 Å². The van der Waals surface area contributed by atoms with Gasteiger partial charge >= 0.3 is 0 Å². The Balaban J connectivity index is 1.51. The van der Waals surface area contributed by atoms with Crippen molar-refractivity contribution in [3.8, 4) is 0 Å². The number of furan rings is 1. The number of aliphatic imine (C=N–C) groups is 1. The fourth-order valence-corrected chi connectivity index (χ4v) is 5.22. The van der Waals surface area contributed by atoms with E-state index in [2.05, 4.69) is 29.4 Å². The number of nitrogens with zero attached hydrogens (tertiary/aromatic N) is 1. The Morgan fingerprint density at radius 3 is 2.79 bits per heavy atom. The van der Waals surface area contributed by atoms with Gasteiger partial charge in [0.1, 0.15) is 9.96 Å². The van der Waals surface area contributed by atoms with E-state index in [0.717, 1.165) is 33.2 Å². The first-order chi connectivity index (χ1) is 13.7. The van der Waals surface area contributed by atoms with Gasteiger partial charge in [-0.3, -0.25) is 9.79 Å². The van der Waals surface area contributed by atoms with Crippen LogP contribution in [0.5, 0.6) is 0 Å². The quantitative estimate of drug-likeness (QED) is 0.599. The number of carbonyl (C=O) groups is 1. The van der Waals surface area contributed by atoms with Crippen LogP contribution in [0.15, 0.2) is 64.0 Å². The molecule has 2 aromatic carbocycles. The number of para-hydroxylation sites is 1. The number of amides is 1. The van der Waals surface area contributed by atoms with Gasteiger partial charge in [0.05, 0.1) is 6.54 Å². The Hall–Kier alpha value is -2.18. The van der Waals surface area contributed by atoms with E-state index in [0.29, 0.717) is 18.1 Å². The SMILES string of the molecule is C[C@H](CNC(=O)c1oc2ccccc2c1CSC1=NCCS1)c1ccccc1. The van der Waals surface area contributed by atoms with Crippen molar-refractivity contribution in [3.05, 3.63) is 71.5 Å². The highest BCUT2D eigenvalue weighted by Crippen LogP contribution is 2.32. The van der Waals surface area contributed by atoms with Crippen molar-refractivity contribution in [1.29, 1.82) is 0 Å². The highest BCUT2D eigenvalue weighted by Gasteiger charge is 2.22. The molecule has 3 aromatic rings. The van der Waals surface area contributed by atoms with Crippen LogP contribution < -0.4 is 5.32 Å². The van der Waals surface area contributed by atoms with Gasteiger partial charge in [0, 0.05) is 29.0 Å². The van der Waals surface area contributed by atoms with Crippen molar-refractivity contribution >= 4 is 44.8 Å². The van der Waals surface area contributed by atoms with E-state index in [1.165, 1.54) is 5.56 Å². The minimum absolute atomic E-state index is 0.157. The standard InChI is InChI=1S/C22H22N2O2S2/c1-15(16-7-3-2-4-8-16)13-24-21(25)20-18(14-28-22-23-11-12-27-22)17-9-5-6-10-19(17)26-20/h2-10,15H,11-14H2,1H3,(H,24,25)/t15-/m1/s1. The summed E-state index contributed by atoms with van der Waals surface area (Å²) in [4.78, 5) is 17.4. The van der Waals surface area contributed by atoms with Gasteiger partial charge in [0.2, 0.25) is 0 Å². The van der Waals surface area contributed by atoms with E-state index >= 15 is 0 Å². The van der Waals surface area contributed by atoms with Crippen molar-refractivity contribution in [3.63, 3.8) is 0 Å². The summed E-state index contributed by atoms with van der Waals surface area (Å²) >= 11 is 3.46. The number of hydrogen-bond donors (Lipinski definition) is 1. The van der Waals surface area contributed by atoms with Crippen LogP contribution in [-0.4, -0.2) is 29.1 Å². The summed E-state index contributed by atoms with van der Waals surface area (Å²) in [7, 11) is 0. The Kier molecular flexibility index (Phi) is 6.07. The Morgan fingerprint density at radius 2 is 2.00 bits per heavy atom. The van der Waals surface area contributed by atoms with Gasteiger partial charge in [-0.2, -0.15) is 0 Å². The van der Waals surface area contributed by atoms with E-state index in [4.69, 9.17) is 4.42 Å². The minimum Gasteiger partial charge on any atom is -0.451 e. The Labute approximate surface area is 173 Å². The van der Waals surface area contributed by atoms with E-state index in [-0.39, 0.29) is 11.8 Å². The molecule has 0 bridgehead atoms. The third-order valence-electron chi connectivity index (χ3n) is 4.74. The first-order valence-corrected chi connectivity index (χ1v) is 11.3. The fourth-order valence-electron chi connectivity index (χ4n) is 3.19. The van der Waals surface area contributed by atoms with Gasteiger partial charge in [-0.15, -0.1) is 0 Å². The molecule has 1 amide bonds. The van der Waals surface area contributed by atoms with E-state index in [1.54, 1.807) is 23.5 Å². The molecule has 0 saturated heterocycles. The van der Waals surface area contributed by atoms with Gasteiger partial charge in [0.15, 0.2) is 5.76 Å². The van der Waals surface area contributed by atoms with Gasteiger partial charge in [-0.1, -0.05) is 79.0 Å². The van der Waals surface area contributed by atoms with Gasteiger partial charge in [-0.25, -0.2) is 0 Å². The lowest BCUT2D eigenvalue weighted by atomic mass is 10.0. The molecule has 0 aliphatic carbocycles. The largest absolute Gasteiger partial charge is 0.451 e. The van der Waals surface area contributed by atoms with Crippen molar-refractivity contribution in [1.82, 2.24) is 5.32 Å². The summed E-state index contributed by atoms with van der Waals surface area (Å²) < 4.78 is 7.03. The molecule has 1 aliphatic rings. The summed E-state index contributed by atoms with van der Waals surface area (Å²) in [6.45, 7) is 3.55. The zero-order chi connectivity index (χ0) is 19.3. The third-order valence-corrected chi connectivity index (χ3v) is 7.02. The summed E-state index contributed by atoms with van der Waals surface area (Å²) in [5, 5.41) is 4.05. The van der Waals surface area contributed by atoms with Crippen molar-refractivity contribution < 1.29 is 9.21 Å². The minimum atomic E-state index is -0.157. The molecule has 1 atom stereocenters. The molecule has 2 heterocycles. The smallest absolute Gasteiger partial charge is 0.287 e. The molecule has 0 spiro atoms. The first-order valence-electron chi connectivity index (χ1n) is 9.36. The van der Waals surface area contributed by atoms with Crippen molar-refractivity contribution in [2.45, 2.75) is 18.6 Å². The Bertz CT molecular complexity index is 998. The highest BCUT2D eigenvalue weighted by atomic mass is 32.2. The van der Waals surface area contributed by atoms with Crippen LogP contribution in [0.3, 0.4) is 0 Å². The van der Waals surface area contributed by atoms with Gasteiger partial charge in [0.25, 0.3) is 5.91 Å². The number of hydrogen-bond acceptors (Lipinski definition) is 5. The van der Waals surface area contributed by atoms with Gasteiger partial charge < -0.3 is 9.73 Å². The maximum Gasteiger partial charge on any atom is 0.287 e. The van der Waals surface area contributed by atoms with E-state index in [1.807, 2.05) is 42.5 Å². The van der Waals surface area contributed by atoms with E-state index < -0.39 is 0 Å². The van der Waals surface area contributed by atoms with Crippen molar-refractivity contribution in [2.75, 3.05) is 18.8 Å². The fraction of sp³-hybridized carbons (Fsp3) is 0.273. The summed E-state index contributed by atoms with van der Waals surface area (Å²) in [6.07, 6.45) is 0. The maximum absolute atomic E-state index is 12.9. The summed E-state index contributed by atoms with van der Waals surface area (Å²) in [6, 6.07) is 18.0. The number of carbonyl (C=O) groups excluding carboxylic acids is 1. The monoisotopic (exact) mass is 410 g/mol. The van der Waals surface area contributed by atoms with Crippen molar-refractivity contribution in [2.24, 2.45) is 4.99 Å². The number of benzene rings is 2. The second-order valence-electron chi connectivity index (χ2n) is 6.71. The van der Waals surface area contributed by atoms with Crippen LogP contribution >= 0.6 is 23.5 Å². The molecule has 4 rings (SSSR count). The highest BCUT2D eigenvalue weighted by molar-refractivity contribution is 8.38. The third kappa shape index (κ3) is 4.28. The molecule has 0 saturated carbocycles. The van der Waals surface area contributed by atoms with Crippen LogP contribution in [0.25, 0.3) is 11.0 Å². The molecular formula is C22H22N2O2S2. The lowest BCUT2D eigenvalue weighted by Gasteiger charge is -2.12. The Morgan fingerprint density at radius 1 is 1.21 bits per heavy atom. The number of rotatable bonds is 6. The molecule has 1 N–H and O–H groups in total. The topological polar surface area (TPSA) is 54.6 Å². The molecule has 6 heteroatoms. The number of thioether (sulfide) groups is 2. The molecule has 28 heavy (non-hydrogen) atoms. The molecular weight excluding hydrogens is 388 g/mol. The second kappa shape index (κ2) is 8.88. The summed E-state index contributed by atoms with van der Waals surface area (Å²) in [5.74, 6) is 2.21. The average molecular weight is 411 g/mol. The first kappa shape index (κ1) is 19.2. The number of fused-ring (bicyclic) bond motifs is 1. The zero-order valence-corrected chi connectivity index (χ0v) is 17.3. The van der Waals surface area contributed by atoms with Crippen LogP contribution in [0, 0.1) is 0 Å². The second-order valence-corrected chi connectivity index (χ2v) is 9.02. The average Bonchev–Trinajstić information content (AvgIpc) is 3.38. The molecule has 144 valence electrons. The summed E-state index contributed by atoms with van der Waals surface area (Å²) in [5.41, 5.74) is 2.90. The normalized spacial score (nSPS) is 14.8. The molecule has 1 aliphatic heterocycles. The molecule has 0 unspecified atom stereocenters. The van der Waals surface area contributed by atoms with E-state index in [9.17, 15) is 4.79 Å². The lowest BCUT2D eigenvalue weighted by molar-refractivity contribution is 0.0925. The molecule has 4 nitrogen and oxygen atoms in total.